The Labute approximate surface area is 201 Å². The van der Waals surface area contributed by atoms with E-state index >= 15 is 0 Å². The van der Waals surface area contributed by atoms with Crippen molar-refractivity contribution in [2.45, 2.75) is 45.6 Å². The molecule has 1 amide bonds. The Morgan fingerprint density at radius 2 is 1.76 bits per heavy atom. The minimum Gasteiger partial charge on any atom is -0.494 e. The Morgan fingerprint density at radius 3 is 2.59 bits per heavy atom. The summed E-state index contributed by atoms with van der Waals surface area (Å²) in [6.45, 7) is 6.38. The molecule has 3 aromatic carbocycles. The number of anilines is 1. The van der Waals surface area contributed by atoms with Crippen molar-refractivity contribution in [3.05, 3.63) is 89.7 Å². The van der Waals surface area contributed by atoms with Gasteiger partial charge in [0, 0.05) is 31.1 Å². The number of para-hydroxylation sites is 3. The fraction of sp³-hybridized carbons (Fsp3) is 0.310. The summed E-state index contributed by atoms with van der Waals surface area (Å²) in [7, 11) is 0. The number of nitrogens with zero attached hydrogens (tertiary/aromatic N) is 3. The smallest absolute Gasteiger partial charge is 0.227 e. The van der Waals surface area contributed by atoms with Crippen molar-refractivity contribution < 1.29 is 9.53 Å². The normalized spacial score (nSPS) is 15.9. The number of carbonyl (C=O) groups is 1. The van der Waals surface area contributed by atoms with Crippen LogP contribution >= 0.6 is 0 Å². The van der Waals surface area contributed by atoms with Crippen molar-refractivity contribution in [1.29, 1.82) is 0 Å². The average molecular weight is 454 g/mol. The number of fused-ring (bicyclic) bond motifs is 1. The van der Waals surface area contributed by atoms with E-state index in [1.54, 1.807) is 0 Å². The second-order valence-corrected chi connectivity index (χ2v) is 9.17. The van der Waals surface area contributed by atoms with Gasteiger partial charge in [-0.1, -0.05) is 48.0 Å². The molecule has 1 saturated heterocycles. The fourth-order valence-electron chi connectivity index (χ4n) is 4.94. The van der Waals surface area contributed by atoms with Gasteiger partial charge in [0.2, 0.25) is 5.91 Å². The van der Waals surface area contributed by atoms with E-state index in [-0.39, 0.29) is 11.8 Å². The number of aromatic nitrogens is 2. The maximum Gasteiger partial charge on any atom is 0.227 e. The van der Waals surface area contributed by atoms with Gasteiger partial charge in [0.15, 0.2) is 0 Å². The van der Waals surface area contributed by atoms with Crippen LogP contribution in [0.15, 0.2) is 72.8 Å². The molecule has 2 heterocycles. The third kappa shape index (κ3) is 4.56. The van der Waals surface area contributed by atoms with Gasteiger partial charge in [-0.3, -0.25) is 4.79 Å². The van der Waals surface area contributed by atoms with E-state index in [1.807, 2.05) is 41.3 Å². The summed E-state index contributed by atoms with van der Waals surface area (Å²) in [6, 6.07) is 24.5. The Bertz CT molecular complexity index is 1300. The SMILES string of the molecule is Cc1ccc(N2CC(c3nc4ccccc4n3CCCCOc3ccccc3)CC2=O)c(C)c1. The van der Waals surface area contributed by atoms with Crippen LogP contribution in [0.4, 0.5) is 5.69 Å². The van der Waals surface area contributed by atoms with Crippen LogP contribution in [-0.2, 0) is 11.3 Å². The first-order valence-corrected chi connectivity index (χ1v) is 12.1. The molecule has 1 unspecified atom stereocenters. The van der Waals surface area contributed by atoms with Crippen LogP contribution in [-0.4, -0.2) is 28.6 Å². The molecule has 1 fully saturated rings. The topological polar surface area (TPSA) is 47.4 Å². The van der Waals surface area contributed by atoms with E-state index in [2.05, 4.69) is 54.8 Å². The predicted octanol–water partition coefficient (Wildman–Crippen LogP) is 6.03. The Morgan fingerprint density at radius 1 is 0.971 bits per heavy atom. The molecular formula is C29H31N3O2. The van der Waals surface area contributed by atoms with Crippen LogP contribution in [0.25, 0.3) is 11.0 Å². The summed E-state index contributed by atoms with van der Waals surface area (Å²) in [5, 5.41) is 0. The third-order valence-electron chi connectivity index (χ3n) is 6.61. The first-order chi connectivity index (χ1) is 16.6. The average Bonchev–Trinajstić information content (AvgIpc) is 3.40. The van der Waals surface area contributed by atoms with Gasteiger partial charge in [0.25, 0.3) is 0 Å². The molecule has 4 aromatic rings. The zero-order chi connectivity index (χ0) is 23.5. The van der Waals surface area contributed by atoms with Gasteiger partial charge in [-0.05, 0) is 62.6 Å². The highest BCUT2D eigenvalue weighted by Crippen LogP contribution is 2.34. The number of hydrogen-bond acceptors (Lipinski definition) is 3. The van der Waals surface area contributed by atoms with E-state index in [1.165, 1.54) is 5.56 Å². The molecule has 5 rings (SSSR count). The standard InChI is InChI=1S/C29H31N3O2/c1-21-14-15-26(22(2)18-21)32-20-23(19-28(32)33)29-30-25-12-6-7-13-27(25)31(29)16-8-9-17-34-24-10-4-3-5-11-24/h3-7,10-15,18,23H,8-9,16-17,19-20H2,1-2H3. The van der Waals surface area contributed by atoms with Crippen molar-refractivity contribution >= 4 is 22.6 Å². The number of benzene rings is 3. The van der Waals surface area contributed by atoms with Gasteiger partial charge in [-0.25, -0.2) is 4.98 Å². The zero-order valence-corrected chi connectivity index (χ0v) is 19.9. The van der Waals surface area contributed by atoms with Crippen molar-refractivity contribution in [1.82, 2.24) is 9.55 Å². The Hall–Kier alpha value is -3.60. The summed E-state index contributed by atoms with van der Waals surface area (Å²) in [5.74, 6) is 2.19. The summed E-state index contributed by atoms with van der Waals surface area (Å²) in [5.41, 5.74) is 5.50. The highest BCUT2D eigenvalue weighted by molar-refractivity contribution is 5.97. The van der Waals surface area contributed by atoms with Crippen LogP contribution in [0.3, 0.4) is 0 Å². The van der Waals surface area contributed by atoms with E-state index in [0.717, 1.165) is 53.2 Å². The monoisotopic (exact) mass is 453 g/mol. The fourth-order valence-corrected chi connectivity index (χ4v) is 4.94. The van der Waals surface area contributed by atoms with Gasteiger partial charge < -0.3 is 14.2 Å². The molecule has 1 aliphatic heterocycles. The number of carbonyl (C=O) groups excluding carboxylic acids is 1. The number of imidazole rings is 1. The molecule has 1 atom stereocenters. The summed E-state index contributed by atoms with van der Waals surface area (Å²) in [4.78, 5) is 20.0. The van der Waals surface area contributed by atoms with Crippen LogP contribution in [0.2, 0.25) is 0 Å². The number of amides is 1. The zero-order valence-electron chi connectivity index (χ0n) is 19.9. The first-order valence-electron chi connectivity index (χ1n) is 12.1. The minimum atomic E-state index is 0.0844. The largest absolute Gasteiger partial charge is 0.494 e. The molecular weight excluding hydrogens is 422 g/mol. The molecule has 5 heteroatoms. The van der Waals surface area contributed by atoms with Crippen molar-refractivity contribution in [3.63, 3.8) is 0 Å². The second-order valence-electron chi connectivity index (χ2n) is 9.17. The molecule has 34 heavy (non-hydrogen) atoms. The van der Waals surface area contributed by atoms with Gasteiger partial charge in [0.05, 0.1) is 17.6 Å². The third-order valence-corrected chi connectivity index (χ3v) is 6.61. The molecule has 0 radical (unpaired) electrons. The van der Waals surface area contributed by atoms with Crippen LogP contribution in [0.1, 0.15) is 42.1 Å². The van der Waals surface area contributed by atoms with Gasteiger partial charge in [0.1, 0.15) is 11.6 Å². The molecule has 0 bridgehead atoms. The lowest BCUT2D eigenvalue weighted by molar-refractivity contribution is -0.117. The van der Waals surface area contributed by atoms with E-state index in [9.17, 15) is 4.79 Å². The summed E-state index contributed by atoms with van der Waals surface area (Å²) in [6.07, 6.45) is 2.44. The Balaban J connectivity index is 1.32. The quantitative estimate of drug-likeness (QED) is 0.306. The Kier molecular flexibility index (Phi) is 6.35. The maximum atomic E-state index is 13.0. The number of rotatable bonds is 8. The molecule has 0 spiro atoms. The molecule has 0 N–H and O–H groups in total. The predicted molar refractivity (Wildman–Crippen MR) is 137 cm³/mol. The highest BCUT2D eigenvalue weighted by Gasteiger charge is 2.35. The number of hydrogen-bond donors (Lipinski definition) is 0. The maximum absolute atomic E-state index is 13.0. The van der Waals surface area contributed by atoms with Crippen LogP contribution in [0.5, 0.6) is 5.75 Å². The number of unbranched alkanes of at least 4 members (excludes halogenated alkanes) is 1. The van der Waals surface area contributed by atoms with Crippen molar-refractivity contribution in [2.24, 2.45) is 0 Å². The van der Waals surface area contributed by atoms with E-state index in [4.69, 9.17) is 9.72 Å². The minimum absolute atomic E-state index is 0.0844. The van der Waals surface area contributed by atoms with Crippen LogP contribution in [0, 0.1) is 13.8 Å². The van der Waals surface area contributed by atoms with E-state index < -0.39 is 0 Å². The van der Waals surface area contributed by atoms with Gasteiger partial charge in [-0.15, -0.1) is 0 Å². The van der Waals surface area contributed by atoms with Crippen LogP contribution < -0.4 is 9.64 Å². The number of aryl methyl sites for hydroxylation is 3. The summed E-state index contributed by atoms with van der Waals surface area (Å²) < 4.78 is 8.18. The molecule has 1 aliphatic rings. The lowest BCUT2D eigenvalue weighted by Gasteiger charge is -2.20. The van der Waals surface area contributed by atoms with Gasteiger partial charge in [-0.2, -0.15) is 0 Å². The highest BCUT2D eigenvalue weighted by atomic mass is 16.5. The molecule has 0 saturated carbocycles. The molecule has 0 aliphatic carbocycles. The van der Waals surface area contributed by atoms with Crippen molar-refractivity contribution in [3.8, 4) is 5.75 Å². The molecule has 5 nitrogen and oxygen atoms in total. The van der Waals surface area contributed by atoms with Crippen molar-refractivity contribution in [2.75, 3.05) is 18.1 Å². The number of ether oxygens (including phenoxy) is 1. The lowest BCUT2D eigenvalue weighted by atomic mass is 10.1. The first kappa shape index (κ1) is 22.2. The second kappa shape index (κ2) is 9.72. The summed E-state index contributed by atoms with van der Waals surface area (Å²) >= 11 is 0. The lowest BCUT2D eigenvalue weighted by Crippen LogP contribution is -2.25. The van der Waals surface area contributed by atoms with Gasteiger partial charge >= 0.3 is 0 Å². The molecule has 1 aromatic heterocycles. The van der Waals surface area contributed by atoms with E-state index in [0.29, 0.717) is 19.6 Å². The molecule has 174 valence electrons.